The largest absolute Gasteiger partial charge is 0.390 e. The summed E-state index contributed by atoms with van der Waals surface area (Å²) >= 11 is 0. The Balaban J connectivity index is 0.00000288. The average molecular weight is 401 g/mol. The third-order valence-corrected chi connectivity index (χ3v) is 5.41. The molecule has 0 aromatic heterocycles. The minimum Gasteiger partial charge on any atom is -0.314 e. The number of piperazine rings is 1. The third-order valence-electron chi connectivity index (χ3n) is 5.41. The smallest absolute Gasteiger partial charge is 0.314 e. The summed E-state index contributed by atoms with van der Waals surface area (Å²) in [6.45, 7) is 12.8. The zero-order valence-corrected chi connectivity index (χ0v) is 17.1. The van der Waals surface area contributed by atoms with Crippen LogP contribution in [-0.4, -0.2) is 37.3 Å². The Morgan fingerprint density at radius 1 is 0.840 bits per heavy atom. The first-order chi connectivity index (χ1) is 10.6. The van der Waals surface area contributed by atoms with Gasteiger partial charge in [0.1, 0.15) is 0 Å². The van der Waals surface area contributed by atoms with E-state index in [0.29, 0.717) is 13.1 Å². The van der Waals surface area contributed by atoms with E-state index in [1.54, 1.807) is 0 Å². The molecule has 146 valence electrons. The lowest BCUT2D eigenvalue weighted by Gasteiger charge is -2.38. The predicted molar refractivity (Wildman–Crippen MR) is 102 cm³/mol. The molecule has 0 amide bonds. The van der Waals surface area contributed by atoms with Gasteiger partial charge in [0.2, 0.25) is 0 Å². The zero-order valence-electron chi connectivity index (χ0n) is 15.5. The molecular weight excluding hydrogens is 372 g/mol. The van der Waals surface area contributed by atoms with Crippen molar-refractivity contribution in [3.63, 3.8) is 0 Å². The maximum atomic E-state index is 13.2. The molecule has 0 unspecified atom stereocenters. The molecule has 25 heavy (non-hydrogen) atoms. The normalized spacial score (nSPS) is 16.8. The number of nitrogens with zero attached hydrogens (tertiary/aromatic N) is 1. The van der Waals surface area contributed by atoms with E-state index in [1.807, 2.05) is 32.6 Å². The van der Waals surface area contributed by atoms with Gasteiger partial charge in [0, 0.05) is 32.2 Å². The van der Waals surface area contributed by atoms with E-state index < -0.39 is 18.6 Å². The van der Waals surface area contributed by atoms with Crippen molar-refractivity contribution in [3.05, 3.63) is 33.4 Å². The average Bonchev–Trinajstić information content (AvgIpc) is 2.50. The van der Waals surface area contributed by atoms with E-state index in [2.05, 4.69) is 12.2 Å². The highest BCUT2D eigenvalue weighted by Gasteiger charge is 2.37. The summed E-state index contributed by atoms with van der Waals surface area (Å²) in [7, 11) is 0. The third kappa shape index (κ3) is 5.49. The van der Waals surface area contributed by atoms with Crippen LogP contribution in [0.3, 0.4) is 0 Å². The number of nitrogens with one attached hydrogen (secondary N) is 1. The van der Waals surface area contributed by atoms with Gasteiger partial charge in [-0.3, -0.25) is 4.90 Å². The van der Waals surface area contributed by atoms with Gasteiger partial charge in [-0.1, -0.05) is 0 Å². The van der Waals surface area contributed by atoms with Crippen molar-refractivity contribution in [2.24, 2.45) is 0 Å². The quantitative estimate of drug-likeness (QED) is 0.769. The van der Waals surface area contributed by atoms with E-state index >= 15 is 0 Å². The molecule has 1 fully saturated rings. The minimum atomic E-state index is -4.17. The van der Waals surface area contributed by atoms with E-state index in [1.165, 1.54) is 5.56 Å². The number of rotatable bonds is 3. The van der Waals surface area contributed by atoms with Gasteiger partial charge in [0.15, 0.2) is 0 Å². The Labute approximate surface area is 161 Å². The maximum absolute atomic E-state index is 13.2. The predicted octanol–water partition coefficient (Wildman–Crippen LogP) is 4.97. The highest BCUT2D eigenvalue weighted by Crippen LogP contribution is 2.39. The molecule has 1 aliphatic rings. The molecule has 1 aromatic rings. The minimum absolute atomic E-state index is 0. The fourth-order valence-corrected chi connectivity index (χ4v) is 3.66. The van der Waals surface area contributed by atoms with E-state index in [4.69, 9.17) is 0 Å². The summed E-state index contributed by atoms with van der Waals surface area (Å²) in [6, 6.07) is -0.588. The van der Waals surface area contributed by atoms with Crippen molar-refractivity contribution < 1.29 is 13.2 Å². The molecule has 0 radical (unpaired) electrons. The Morgan fingerprint density at radius 3 is 1.64 bits per heavy atom. The molecule has 1 heterocycles. The summed E-state index contributed by atoms with van der Waals surface area (Å²) in [5, 5.41) is 3.22. The van der Waals surface area contributed by atoms with E-state index in [9.17, 15) is 13.2 Å². The molecule has 2 nitrogen and oxygen atoms in total. The summed E-state index contributed by atoms with van der Waals surface area (Å²) in [6.07, 6.45) is -4.95. The molecular formula is C18H29Cl2F3N2. The van der Waals surface area contributed by atoms with Crippen LogP contribution in [0.1, 0.15) is 45.8 Å². The number of halogens is 5. The number of alkyl halides is 3. The number of hydrogen-bond donors (Lipinski definition) is 1. The standard InChI is InChI=1S/C18H27F3N2.2ClH/c1-11-12(2)14(4)17(15(5)13(11)3)16(10-18(19,20)21)23-8-6-22-7-9-23;;/h16,22H,6-10H2,1-5H3;2*1H/t16-;;/m0../s1. The van der Waals surface area contributed by atoms with Crippen molar-refractivity contribution in [2.75, 3.05) is 26.2 Å². The Morgan fingerprint density at radius 2 is 1.24 bits per heavy atom. The molecule has 7 heteroatoms. The van der Waals surface area contributed by atoms with Gasteiger partial charge in [-0.25, -0.2) is 0 Å². The Hall–Kier alpha value is -0.490. The van der Waals surface area contributed by atoms with Crippen LogP contribution < -0.4 is 5.32 Å². The fraction of sp³-hybridized carbons (Fsp3) is 0.667. The molecule has 1 aromatic carbocycles. The Kier molecular flexibility index (Phi) is 9.26. The molecule has 0 spiro atoms. The topological polar surface area (TPSA) is 15.3 Å². The molecule has 1 aliphatic heterocycles. The molecule has 1 saturated heterocycles. The van der Waals surface area contributed by atoms with E-state index in [0.717, 1.165) is 40.9 Å². The number of benzene rings is 1. The lowest BCUT2D eigenvalue weighted by Crippen LogP contribution is -2.46. The zero-order chi connectivity index (χ0) is 17.4. The summed E-state index contributed by atoms with van der Waals surface area (Å²) < 4.78 is 39.7. The summed E-state index contributed by atoms with van der Waals surface area (Å²) in [5.74, 6) is 0. The van der Waals surface area contributed by atoms with Crippen molar-refractivity contribution in [2.45, 2.75) is 53.3 Å². The highest BCUT2D eigenvalue weighted by molar-refractivity contribution is 5.85. The van der Waals surface area contributed by atoms with Crippen LogP contribution in [-0.2, 0) is 0 Å². The number of hydrogen-bond acceptors (Lipinski definition) is 2. The van der Waals surface area contributed by atoms with Crippen LogP contribution in [0, 0.1) is 34.6 Å². The first-order valence-electron chi connectivity index (χ1n) is 8.22. The van der Waals surface area contributed by atoms with Gasteiger partial charge in [-0.05, 0) is 68.0 Å². The molecule has 0 aliphatic carbocycles. The van der Waals surface area contributed by atoms with Crippen LogP contribution in [0.5, 0.6) is 0 Å². The van der Waals surface area contributed by atoms with Crippen molar-refractivity contribution in [1.82, 2.24) is 10.2 Å². The SMILES string of the molecule is Cc1c(C)c(C)c([C@H](CC(F)(F)F)N2CCNCC2)c(C)c1C.Cl.Cl. The van der Waals surface area contributed by atoms with Gasteiger partial charge >= 0.3 is 6.18 Å². The van der Waals surface area contributed by atoms with Gasteiger partial charge < -0.3 is 5.32 Å². The van der Waals surface area contributed by atoms with Gasteiger partial charge in [0.25, 0.3) is 0 Å². The first-order valence-corrected chi connectivity index (χ1v) is 8.22. The van der Waals surface area contributed by atoms with Gasteiger partial charge in [-0.15, -0.1) is 24.8 Å². The second-order valence-electron chi connectivity index (χ2n) is 6.66. The fourth-order valence-electron chi connectivity index (χ4n) is 3.66. The highest BCUT2D eigenvalue weighted by atomic mass is 35.5. The van der Waals surface area contributed by atoms with Crippen LogP contribution in [0.15, 0.2) is 0 Å². The molecule has 0 bridgehead atoms. The second kappa shape index (κ2) is 9.45. The van der Waals surface area contributed by atoms with Crippen molar-refractivity contribution >= 4 is 24.8 Å². The molecule has 1 atom stereocenters. The first kappa shape index (κ1) is 24.5. The van der Waals surface area contributed by atoms with Crippen LogP contribution in [0.2, 0.25) is 0 Å². The van der Waals surface area contributed by atoms with Gasteiger partial charge in [-0.2, -0.15) is 13.2 Å². The van der Waals surface area contributed by atoms with Crippen LogP contribution in [0.4, 0.5) is 13.2 Å². The van der Waals surface area contributed by atoms with Crippen molar-refractivity contribution in [1.29, 1.82) is 0 Å². The maximum Gasteiger partial charge on any atom is 0.390 e. The van der Waals surface area contributed by atoms with Crippen molar-refractivity contribution in [3.8, 4) is 0 Å². The monoisotopic (exact) mass is 400 g/mol. The molecule has 0 saturated carbocycles. The van der Waals surface area contributed by atoms with Crippen LogP contribution >= 0.6 is 24.8 Å². The van der Waals surface area contributed by atoms with E-state index in [-0.39, 0.29) is 24.8 Å². The lowest BCUT2D eigenvalue weighted by atomic mass is 9.84. The summed E-state index contributed by atoms with van der Waals surface area (Å²) in [5.41, 5.74) is 6.33. The molecule has 1 N–H and O–H groups in total. The Bertz CT molecular complexity index is 554. The summed E-state index contributed by atoms with van der Waals surface area (Å²) in [4.78, 5) is 1.99. The van der Waals surface area contributed by atoms with Crippen LogP contribution in [0.25, 0.3) is 0 Å². The second-order valence-corrected chi connectivity index (χ2v) is 6.66. The molecule has 2 rings (SSSR count). The lowest BCUT2D eigenvalue weighted by molar-refractivity contribution is -0.148. The van der Waals surface area contributed by atoms with Gasteiger partial charge in [0.05, 0.1) is 6.42 Å².